The van der Waals surface area contributed by atoms with E-state index in [1.807, 2.05) is 30.3 Å². The van der Waals surface area contributed by atoms with Gasteiger partial charge in [-0.1, -0.05) is 30.3 Å². The minimum absolute atomic E-state index is 0.246. The topological polar surface area (TPSA) is 75.8 Å². The molecule has 0 spiro atoms. The Morgan fingerprint density at radius 3 is 2.35 bits per heavy atom. The summed E-state index contributed by atoms with van der Waals surface area (Å²) in [6.45, 7) is 0.242. The van der Waals surface area contributed by atoms with Crippen LogP contribution < -0.4 is 15.6 Å². The number of rotatable bonds is 6. The predicted octanol–water partition coefficient (Wildman–Crippen LogP) is 2.03. The molecule has 5 nitrogen and oxygen atoms in total. The number of carboxylic acid groups (broad SMARTS) is 1. The molecule has 5 heteroatoms. The Bertz CT molecular complexity index is 555. The lowest BCUT2D eigenvalue weighted by Gasteiger charge is -2.16. The monoisotopic (exact) mass is 272 g/mol. The Kier molecular flexibility index (Phi) is 4.57. The third-order valence-electron chi connectivity index (χ3n) is 2.72. The summed E-state index contributed by atoms with van der Waals surface area (Å²) in [6, 6.07) is 16.8. The van der Waals surface area contributed by atoms with Gasteiger partial charge in [0.05, 0.1) is 5.69 Å². The van der Waals surface area contributed by atoms with Gasteiger partial charge in [-0.25, -0.2) is 5.84 Å². The molecule has 0 aliphatic heterocycles. The maximum absolute atomic E-state index is 10.6. The van der Waals surface area contributed by atoms with E-state index in [9.17, 15) is 4.79 Å². The number of carbonyl (C=O) groups is 1. The van der Waals surface area contributed by atoms with Crippen molar-refractivity contribution >= 4 is 11.7 Å². The molecular weight excluding hydrogens is 256 g/mol. The van der Waals surface area contributed by atoms with Crippen LogP contribution in [0.5, 0.6) is 5.75 Å². The van der Waals surface area contributed by atoms with Gasteiger partial charge in [0.15, 0.2) is 0 Å². The fraction of sp³-hybridized carbons (Fsp3) is 0.133. The molecule has 0 saturated heterocycles. The van der Waals surface area contributed by atoms with E-state index in [0.717, 1.165) is 5.56 Å². The van der Waals surface area contributed by atoms with Crippen molar-refractivity contribution in [1.29, 1.82) is 0 Å². The van der Waals surface area contributed by atoms with Gasteiger partial charge in [-0.15, -0.1) is 0 Å². The fourth-order valence-corrected chi connectivity index (χ4v) is 1.71. The molecule has 0 amide bonds. The van der Waals surface area contributed by atoms with E-state index in [2.05, 4.69) is 0 Å². The van der Waals surface area contributed by atoms with Gasteiger partial charge in [0.1, 0.15) is 18.9 Å². The largest absolute Gasteiger partial charge is 0.489 e. The molecule has 0 atom stereocenters. The average Bonchev–Trinajstić information content (AvgIpc) is 2.46. The summed E-state index contributed by atoms with van der Waals surface area (Å²) >= 11 is 0. The zero-order valence-corrected chi connectivity index (χ0v) is 10.9. The van der Waals surface area contributed by atoms with E-state index < -0.39 is 5.97 Å². The van der Waals surface area contributed by atoms with Crippen LogP contribution in [0.3, 0.4) is 0 Å². The molecule has 0 radical (unpaired) electrons. The molecule has 3 N–H and O–H groups in total. The molecule has 0 saturated carbocycles. The number of hydrazine groups is 1. The highest BCUT2D eigenvalue weighted by Crippen LogP contribution is 2.18. The first-order chi connectivity index (χ1) is 9.65. The van der Waals surface area contributed by atoms with Gasteiger partial charge < -0.3 is 9.84 Å². The van der Waals surface area contributed by atoms with Gasteiger partial charge in [0, 0.05) is 0 Å². The number of ether oxygens (including phenoxy) is 1. The van der Waals surface area contributed by atoms with Crippen LogP contribution in [-0.2, 0) is 11.4 Å². The minimum atomic E-state index is -0.975. The third-order valence-corrected chi connectivity index (χ3v) is 2.72. The highest BCUT2D eigenvalue weighted by Gasteiger charge is 2.06. The molecule has 2 aromatic rings. The number of hydrogen-bond acceptors (Lipinski definition) is 4. The Morgan fingerprint density at radius 1 is 1.10 bits per heavy atom. The highest BCUT2D eigenvalue weighted by molar-refractivity contribution is 5.73. The van der Waals surface area contributed by atoms with Crippen molar-refractivity contribution in [2.75, 3.05) is 11.6 Å². The summed E-state index contributed by atoms with van der Waals surface area (Å²) in [6.07, 6.45) is 0. The van der Waals surface area contributed by atoms with Crippen LogP contribution in [-0.4, -0.2) is 17.6 Å². The average molecular weight is 272 g/mol. The molecule has 0 aliphatic carbocycles. The van der Waals surface area contributed by atoms with Gasteiger partial charge in [0.2, 0.25) is 0 Å². The summed E-state index contributed by atoms with van der Waals surface area (Å²) in [5, 5.41) is 9.83. The number of benzene rings is 2. The Hall–Kier alpha value is -2.53. The number of hydrogen-bond donors (Lipinski definition) is 2. The second kappa shape index (κ2) is 6.58. The van der Waals surface area contributed by atoms with E-state index in [-0.39, 0.29) is 6.54 Å². The van der Waals surface area contributed by atoms with Gasteiger partial charge >= 0.3 is 5.97 Å². The van der Waals surface area contributed by atoms with E-state index in [0.29, 0.717) is 18.0 Å². The molecule has 0 aromatic heterocycles. The lowest BCUT2D eigenvalue weighted by atomic mass is 10.2. The van der Waals surface area contributed by atoms with Crippen molar-refractivity contribution in [1.82, 2.24) is 0 Å². The standard InChI is InChI=1S/C15H16N2O3/c16-17(10-15(18)19)13-6-8-14(9-7-13)20-11-12-4-2-1-3-5-12/h1-9H,10-11,16H2,(H,18,19). The number of carboxylic acids is 1. The van der Waals surface area contributed by atoms with Crippen molar-refractivity contribution in [3.8, 4) is 5.75 Å². The normalized spacial score (nSPS) is 10.1. The summed E-state index contributed by atoms with van der Waals surface area (Å²) in [7, 11) is 0. The predicted molar refractivity (Wildman–Crippen MR) is 76.4 cm³/mol. The van der Waals surface area contributed by atoms with Crippen LogP contribution in [0.4, 0.5) is 5.69 Å². The second-order valence-electron chi connectivity index (χ2n) is 4.29. The smallest absolute Gasteiger partial charge is 0.324 e. The van der Waals surface area contributed by atoms with Crippen molar-refractivity contribution in [3.05, 3.63) is 60.2 Å². The first kappa shape index (κ1) is 13.9. The van der Waals surface area contributed by atoms with Crippen LogP contribution in [0.1, 0.15) is 5.56 Å². The quantitative estimate of drug-likeness (QED) is 0.621. The maximum atomic E-state index is 10.6. The lowest BCUT2D eigenvalue weighted by molar-refractivity contribution is -0.135. The van der Waals surface area contributed by atoms with Gasteiger partial charge in [-0.05, 0) is 29.8 Å². The highest BCUT2D eigenvalue weighted by atomic mass is 16.5. The fourth-order valence-electron chi connectivity index (χ4n) is 1.71. The zero-order chi connectivity index (χ0) is 14.4. The summed E-state index contributed by atoms with van der Waals surface area (Å²) in [5.41, 5.74) is 1.71. The number of nitrogens with zero attached hydrogens (tertiary/aromatic N) is 1. The summed E-state index contributed by atoms with van der Waals surface area (Å²) in [4.78, 5) is 10.6. The SMILES string of the molecule is NN(CC(=O)O)c1ccc(OCc2ccccc2)cc1. The lowest BCUT2D eigenvalue weighted by Crippen LogP contribution is -2.35. The molecule has 0 bridgehead atoms. The van der Waals surface area contributed by atoms with Crippen LogP contribution in [0, 0.1) is 0 Å². The van der Waals surface area contributed by atoms with Crippen molar-refractivity contribution < 1.29 is 14.6 Å². The van der Waals surface area contributed by atoms with E-state index in [1.54, 1.807) is 24.3 Å². The van der Waals surface area contributed by atoms with Crippen LogP contribution in [0.15, 0.2) is 54.6 Å². The van der Waals surface area contributed by atoms with Crippen molar-refractivity contribution in [2.45, 2.75) is 6.61 Å². The van der Waals surface area contributed by atoms with Crippen molar-refractivity contribution in [2.24, 2.45) is 5.84 Å². The first-order valence-corrected chi connectivity index (χ1v) is 6.16. The number of anilines is 1. The Balaban J connectivity index is 1.93. The first-order valence-electron chi connectivity index (χ1n) is 6.16. The maximum Gasteiger partial charge on any atom is 0.324 e. The Labute approximate surface area is 117 Å². The molecule has 0 fully saturated rings. The van der Waals surface area contributed by atoms with Crippen LogP contribution >= 0.6 is 0 Å². The summed E-state index contributed by atoms with van der Waals surface area (Å²) < 4.78 is 5.63. The molecule has 0 aliphatic rings. The van der Waals surface area contributed by atoms with E-state index >= 15 is 0 Å². The minimum Gasteiger partial charge on any atom is -0.489 e. The number of aliphatic carboxylic acids is 1. The van der Waals surface area contributed by atoms with Gasteiger partial charge in [-0.2, -0.15) is 0 Å². The third kappa shape index (κ3) is 4.00. The molecular formula is C15H16N2O3. The van der Waals surface area contributed by atoms with Crippen LogP contribution in [0.25, 0.3) is 0 Å². The molecule has 104 valence electrons. The molecule has 0 heterocycles. The van der Waals surface area contributed by atoms with Crippen molar-refractivity contribution in [3.63, 3.8) is 0 Å². The molecule has 2 aromatic carbocycles. The van der Waals surface area contributed by atoms with Gasteiger partial charge in [-0.3, -0.25) is 9.80 Å². The van der Waals surface area contributed by atoms with Gasteiger partial charge in [0.25, 0.3) is 0 Å². The van der Waals surface area contributed by atoms with Crippen LogP contribution in [0.2, 0.25) is 0 Å². The molecule has 0 unspecified atom stereocenters. The van der Waals surface area contributed by atoms with E-state index in [4.69, 9.17) is 15.7 Å². The second-order valence-corrected chi connectivity index (χ2v) is 4.29. The Morgan fingerprint density at radius 2 is 1.75 bits per heavy atom. The zero-order valence-electron chi connectivity index (χ0n) is 10.9. The molecule has 2 rings (SSSR count). The number of nitrogens with two attached hydrogens (primary N) is 1. The molecule has 20 heavy (non-hydrogen) atoms. The van der Waals surface area contributed by atoms with E-state index in [1.165, 1.54) is 5.01 Å². The summed E-state index contributed by atoms with van der Waals surface area (Å²) in [5.74, 6) is 5.36.